The van der Waals surface area contributed by atoms with Crippen molar-refractivity contribution in [2.75, 3.05) is 6.54 Å². The van der Waals surface area contributed by atoms with Gasteiger partial charge >= 0.3 is 0 Å². The van der Waals surface area contributed by atoms with Crippen molar-refractivity contribution in [1.29, 1.82) is 0 Å². The van der Waals surface area contributed by atoms with Crippen molar-refractivity contribution in [3.8, 4) is 0 Å². The molecule has 2 aliphatic carbocycles. The number of halogens is 4. The number of carbonyl (C=O) groups is 1. The summed E-state index contributed by atoms with van der Waals surface area (Å²) in [5.74, 6) is -1.96. The van der Waals surface area contributed by atoms with E-state index in [1.165, 1.54) is 24.4 Å². The number of carbonyl (C=O) groups excluding carboxylic acids is 1. The molecule has 0 bridgehead atoms. The summed E-state index contributed by atoms with van der Waals surface area (Å²) < 4.78 is 33.0. The van der Waals surface area contributed by atoms with Crippen LogP contribution < -0.4 is 5.56 Å². The molecule has 1 spiro atoms. The monoisotopic (exact) mass is 622 g/mol. The Bertz CT molecular complexity index is 1790. The topological polar surface area (TPSA) is 67.6 Å². The fraction of sp³-hybridized carbons (Fsp3) is 0.333. The highest BCUT2D eigenvalue weighted by molar-refractivity contribution is 6.31. The van der Waals surface area contributed by atoms with E-state index in [-0.39, 0.29) is 45.2 Å². The molecule has 1 saturated heterocycles. The Kier molecular flexibility index (Phi) is 7.63. The first-order valence-electron chi connectivity index (χ1n) is 14.3. The van der Waals surface area contributed by atoms with Crippen LogP contribution in [0.3, 0.4) is 0 Å². The Hall–Kier alpha value is -3.62. The molecule has 2 saturated carbocycles. The molecule has 3 fully saturated rings. The van der Waals surface area contributed by atoms with Gasteiger partial charge in [0.2, 0.25) is 0 Å². The largest absolute Gasteiger partial charge is 0.333 e. The van der Waals surface area contributed by atoms with Crippen molar-refractivity contribution in [2.45, 2.75) is 57.4 Å². The van der Waals surface area contributed by atoms with Crippen LogP contribution in [0.15, 0.2) is 70.6 Å². The van der Waals surface area contributed by atoms with Gasteiger partial charge in [-0.1, -0.05) is 42.3 Å². The fourth-order valence-electron chi connectivity index (χ4n) is 6.34. The van der Waals surface area contributed by atoms with Gasteiger partial charge in [0.25, 0.3) is 11.5 Å². The molecule has 6 nitrogen and oxygen atoms in total. The van der Waals surface area contributed by atoms with Gasteiger partial charge in [-0.3, -0.25) is 24.1 Å². The molecule has 2 aromatic heterocycles. The number of likely N-dealkylation sites (tertiary alicyclic amines) is 1. The summed E-state index contributed by atoms with van der Waals surface area (Å²) in [6, 6.07) is 7.92. The number of hydrogen-bond donors (Lipinski definition) is 0. The van der Waals surface area contributed by atoms with Crippen molar-refractivity contribution in [3.63, 3.8) is 0 Å². The van der Waals surface area contributed by atoms with Gasteiger partial charge in [0.1, 0.15) is 16.6 Å². The van der Waals surface area contributed by atoms with Crippen molar-refractivity contribution in [3.05, 3.63) is 115 Å². The maximum Gasteiger partial charge on any atom is 0.273 e. The van der Waals surface area contributed by atoms with E-state index in [4.69, 9.17) is 23.2 Å². The van der Waals surface area contributed by atoms with Crippen LogP contribution in [0.1, 0.15) is 77.7 Å². The molecule has 3 aliphatic rings. The van der Waals surface area contributed by atoms with Crippen LogP contribution >= 0.6 is 23.2 Å². The third-order valence-corrected chi connectivity index (χ3v) is 9.59. The smallest absolute Gasteiger partial charge is 0.273 e. The van der Waals surface area contributed by atoms with Crippen LogP contribution in [0, 0.1) is 18.7 Å². The Morgan fingerprint density at radius 1 is 1.14 bits per heavy atom. The Morgan fingerprint density at radius 3 is 2.53 bits per heavy atom. The highest BCUT2D eigenvalue weighted by Crippen LogP contribution is 2.61. The lowest BCUT2D eigenvalue weighted by Gasteiger charge is -2.42. The predicted molar refractivity (Wildman–Crippen MR) is 165 cm³/mol. The maximum atomic E-state index is 16.0. The molecule has 3 heterocycles. The molecule has 43 heavy (non-hydrogen) atoms. The quantitative estimate of drug-likeness (QED) is 0.254. The molecule has 1 aromatic carbocycles. The van der Waals surface area contributed by atoms with E-state index in [0.717, 1.165) is 35.6 Å². The number of pyridine rings is 2. The Morgan fingerprint density at radius 2 is 1.88 bits per heavy atom. The van der Waals surface area contributed by atoms with Gasteiger partial charge in [-0.15, -0.1) is 0 Å². The van der Waals surface area contributed by atoms with Crippen LogP contribution in [0.4, 0.5) is 8.78 Å². The first kappa shape index (κ1) is 29.5. The van der Waals surface area contributed by atoms with Gasteiger partial charge in [-0.2, -0.15) is 0 Å². The number of hydrogen-bond acceptors (Lipinski definition) is 4. The van der Waals surface area contributed by atoms with Gasteiger partial charge in [-0.25, -0.2) is 8.78 Å². The number of aromatic nitrogens is 2. The maximum absolute atomic E-state index is 16.0. The summed E-state index contributed by atoms with van der Waals surface area (Å²) in [5.41, 5.74) is 0.689. The number of nitrogens with zero attached hydrogens (tertiary/aromatic N) is 4. The number of amides is 1. The zero-order chi connectivity index (χ0) is 30.6. The molecule has 3 atom stereocenters. The van der Waals surface area contributed by atoms with Gasteiger partial charge < -0.3 is 4.90 Å². The van der Waals surface area contributed by atoms with Crippen molar-refractivity contribution >= 4 is 41.0 Å². The van der Waals surface area contributed by atoms with Gasteiger partial charge in [0.05, 0.1) is 16.8 Å². The first-order valence-corrected chi connectivity index (χ1v) is 15.0. The van der Waals surface area contributed by atoms with Gasteiger partial charge in [0, 0.05) is 41.9 Å². The molecule has 222 valence electrons. The van der Waals surface area contributed by atoms with Crippen molar-refractivity contribution in [2.24, 2.45) is 10.9 Å². The third-order valence-electron chi connectivity index (χ3n) is 9.00. The van der Waals surface area contributed by atoms with Gasteiger partial charge in [0.15, 0.2) is 5.83 Å². The normalized spacial score (nSPS) is 22.7. The second-order valence-electron chi connectivity index (χ2n) is 11.6. The minimum atomic E-state index is -0.958. The van der Waals surface area contributed by atoms with E-state index >= 15 is 8.78 Å². The third kappa shape index (κ3) is 5.14. The summed E-state index contributed by atoms with van der Waals surface area (Å²) in [5, 5.41) is 0.515. The highest BCUT2D eigenvalue weighted by atomic mass is 35.5. The summed E-state index contributed by atoms with van der Waals surface area (Å²) in [6.07, 6.45) is 9.94. The number of rotatable bonds is 7. The van der Waals surface area contributed by atoms with Crippen LogP contribution in [0.2, 0.25) is 10.0 Å². The Labute approximate surface area is 258 Å². The van der Waals surface area contributed by atoms with Crippen molar-refractivity contribution in [1.82, 2.24) is 14.5 Å². The highest BCUT2D eigenvalue weighted by Gasteiger charge is 2.56. The predicted octanol–water partition coefficient (Wildman–Crippen LogP) is 7.68. The van der Waals surface area contributed by atoms with Crippen molar-refractivity contribution < 1.29 is 13.6 Å². The molecular weight excluding hydrogens is 593 g/mol. The lowest BCUT2D eigenvalue weighted by atomic mass is 9.97. The summed E-state index contributed by atoms with van der Waals surface area (Å²) in [6.45, 7) is 6.01. The standard InChI is InChI=1S/C33H30Cl2F2N4O2/c1-4-11-39-30(22-6-5-7-23(29(22)37)31(42)41-12-10-33(41)8-9-33)25(36)17-40-18(2)13-24(28(35)32(40)43)27-19(3)26(27)20-14-21(34)16-38-15-20/h4-7,11,13-17,19,26-27H,8-10,12H2,1-3H3/b11-4+,25-17-,39-30+. The van der Waals surface area contributed by atoms with E-state index in [2.05, 4.69) is 16.9 Å². The Balaban J connectivity index is 1.34. The van der Waals surface area contributed by atoms with Crippen LogP contribution in [0.25, 0.3) is 6.20 Å². The van der Waals surface area contributed by atoms with E-state index in [1.54, 1.807) is 43.3 Å². The molecule has 0 radical (unpaired) electrons. The molecule has 1 aliphatic heterocycles. The number of aryl methyl sites for hydroxylation is 1. The van der Waals surface area contributed by atoms with E-state index in [0.29, 0.717) is 22.8 Å². The summed E-state index contributed by atoms with van der Waals surface area (Å²) in [7, 11) is 0. The summed E-state index contributed by atoms with van der Waals surface area (Å²) >= 11 is 12.7. The van der Waals surface area contributed by atoms with E-state index < -0.39 is 23.1 Å². The minimum absolute atomic E-state index is 0.0155. The first-order chi connectivity index (χ1) is 20.6. The van der Waals surface area contributed by atoms with Gasteiger partial charge in [-0.05, 0) is 86.3 Å². The number of benzene rings is 1. The summed E-state index contributed by atoms with van der Waals surface area (Å²) in [4.78, 5) is 36.7. The molecule has 1 amide bonds. The lowest BCUT2D eigenvalue weighted by molar-refractivity contribution is 0.0388. The van der Waals surface area contributed by atoms with E-state index in [1.807, 2.05) is 6.07 Å². The molecular formula is C33H30Cl2F2N4O2. The molecule has 0 N–H and O–H groups in total. The number of allylic oxidation sites excluding steroid dienone is 2. The zero-order valence-electron chi connectivity index (χ0n) is 24.0. The molecule has 3 aromatic rings. The second-order valence-corrected chi connectivity index (χ2v) is 12.4. The second kappa shape index (κ2) is 11.1. The van der Waals surface area contributed by atoms with Crippen LogP contribution in [-0.2, 0) is 0 Å². The average Bonchev–Trinajstić information content (AvgIpc) is 3.89. The number of aliphatic imine (C=N–C) groups is 1. The molecule has 6 rings (SSSR count). The molecule has 10 heteroatoms. The minimum Gasteiger partial charge on any atom is -0.333 e. The fourth-order valence-corrected chi connectivity index (χ4v) is 6.80. The van der Waals surface area contributed by atoms with Crippen LogP contribution in [-0.4, -0.2) is 38.2 Å². The zero-order valence-corrected chi connectivity index (χ0v) is 25.5. The SMILES string of the molecule is C/C=C/N=C(/C(F)=C/n1c(C)cc(C2C(C)C2c2cncc(Cl)c2)c(Cl)c1=O)c1cccc(C(=O)N2CCC23CC3)c1F. The van der Waals surface area contributed by atoms with E-state index in [9.17, 15) is 9.59 Å². The van der Waals surface area contributed by atoms with Crippen LogP contribution in [0.5, 0.6) is 0 Å². The lowest BCUT2D eigenvalue weighted by Crippen LogP contribution is -2.53. The molecule has 3 unspecified atom stereocenters. The average molecular weight is 624 g/mol.